The van der Waals surface area contributed by atoms with E-state index in [2.05, 4.69) is 13.8 Å². The van der Waals surface area contributed by atoms with Crippen LogP contribution < -0.4 is 14.2 Å². The van der Waals surface area contributed by atoms with Crippen LogP contribution in [0.3, 0.4) is 0 Å². The van der Waals surface area contributed by atoms with Gasteiger partial charge in [0, 0.05) is 12.0 Å². The van der Waals surface area contributed by atoms with Crippen LogP contribution in [0.1, 0.15) is 48.2 Å². The Morgan fingerprint density at radius 2 is 1.61 bits per heavy atom. The minimum atomic E-state index is -0.505. The van der Waals surface area contributed by atoms with Crippen molar-refractivity contribution in [3.63, 3.8) is 0 Å². The first-order valence-corrected chi connectivity index (χ1v) is 10.4. The van der Waals surface area contributed by atoms with Gasteiger partial charge in [0.25, 0.3) is 0 Å². The molecule has 0 aliphatic rings. The van der Waals surface area contributed by atoms with Gasteiger partial charge in [-0.25, -0.2) is 4.79 Å². The molecule has 2 aromatic rings. The highest BCUT2D eigenvalue weighted by molar-refractivity contribution is 5.99. The molecule has 0 aliphatic heterocycles. The molecule has 0 aliphatic carbocycles. The highest BCUT2D eigenvalue weighted by Gasteiger charge is 2.21. The lowest BCUT2D eigenvalue weighted by molar-refractivity contribution is -0.142. The fourth-order valence-corrected chi connectivity index (χ4v) is 3.23. The number of aryl methyl sites for hydroxylation is 1. The standard InChI is InChI=1S/C25H32O6/c1-17(2)6-12-21-23(29-4)15-13-20(25(21)31-16-24(27)30-5)22(26)14-9-18-7-10-19(28-3)11-8-18/h7-8,10-11,13,15,17H,6,9,12,14,16H2,1-5H3. The molecule has 0 radical (unpaired) electrons. The van der Waals surface area contributed by atoms with Crippen LogP contribution in [-0.4, -0.2) is 39.7 Å². The summed E-state index contributed by atoms with van der Waals surface area (Å²) in [5.41, 5.74) is 2.30. The second-order valence-electron chi connectivity index (χ2n) is 7.69. The predicted octanol–water partition coefficient (Wildman–Crippen LogP) is 4.66. The van der Waals surface area contributed by atoms with Gasteiger partial charge in [0.2, 0.25) is 0 Å². The Labute approximate surface area is 184 Å². The van der Waals surface area contributed by atoms with Gasteiger partial charge in [-0.3, -0.25) is 4.79 Å². The zero-order chi connectivity index (χ0) is 22.8. The molecular weight excluding hydrogens is 396 g/mol. The van der Waals surface area contributed by atoms with Crippen LogP contribution in [0.15, 0.2) is 36.4 Å². The van der Waals surface area contributed by atoms with Crippen LogP contribution >= 0.6 is 0 Å². The fourth-order valence-electron chi connectivity index (χ4n) is 3.23. The highest BCUT2D eigenvalue weighted by Crippen LogP contribution is 2.35. The van der Waals surface area contributed by atoms with Crippen molar-refractivity contribution in [3.05, 3.63) is 53.1 Å². The monoisotopic (exact) mass is 428 g/mol. The minimum Gasteiger partial charge on any atom is -0.497 e. The molecule has 168 valence electrons. The lowest BCUT2D eigenvalue weighted by Crippen LogP contribution is -2.16. The Balaban J connectivity index is 2.29. The molecule has 0 atom stereocenters. The van der Waals surface area contributed by atoms with Crippen molar-refractivity contribution in [1.29, 1.82) is 0 Å². The van der Waals surface area contributed by atoms with E-state index in [0.29, 0.717) is 42.2 Å². The van der Waals surface area contributed by atoms with Gasteiger partial charge in [0.15, 0.2) is 12.4 Å². The number of carbonyl (C=O) groups is 2. The van der Waals surface area contributed by atoms with Crippen molar-refractivity contribution in [2.45, 2.75) is 39.5 Å². The number of hydrogen-bond acceptors (Lipinski definition) is 6. The topological polar surface area (TPSA) is 71.1 Å². The van der Waals surface area contributed by atoms with Crippen LogP contribution in [0.4, 0.5) is 0 Å². The molecule has 0 N–H and O–H groups in total. The van der Waals surface area contributed by atoms with E-state index < -0.39 is 5.97 Å². The van der Waals surface area contributed by atoms with Gasteiger partial charge in [0.1, 0.15) is 17.2 Å². The lowest BCUT2D eigenvalue weighted by atomic mass is 9.95. The van der Waals surface area contributed by atoms with Crippen LogP contribution in [0, 0.1) is 5.92 Å². The summed E-state index contributed by atoms with van der Waals surface area (Å²) in [5, 5.41) is 0. The van der Waals surface area contributed by atoms with Crippen molar-refractivity contribution >= 4 is 11.8 Å². The molecule has 31 heavy (non-hydrogen) atoms. The number of Topliss-reactive ketones (excluding diaryl/α,β-unsaturated/α-hetero) is 1. The molecule has 0 heterocycles. The molecule has 0 spiro atoms. The Morgan fingerprint density at radius 1 is 0.903 bits per heavy atom. The molecule has 6 nitrogen and oxygen atoms in total. The summed E-state index contributed by atoms with van der Waals surface area (Å²) < 4.78 is 21.2. The Bertz CT molecular complexity index is 870. The third-order valence-corrected chi connectivity index (χ3v) is 5.07. The number of ether oxygens (including phenoxy) is 4. The number of hydrogen-bond donors (Lipinski definition) is 0. The first-order valence-electron chi connectivity index (χ1n) is 10.4. The molecule has 0 fully saturated rings. The van der Waals surface area contributed by atoms with Crippen LogP contribution in [0.25, 0.3) is 0 Å². The Kier molecular flexibility index (Phi) is 9.38. The van der Waals surface area contributed by atoms with Gasteiger partial charge in [-0.05, 0) is 55.0 Å². The van der Waals surface area contributed by atoms with E-state index in [1.54, 1.807) is 26.4 Å². The fraction of sp³-hybridized carbons (Fsp3) is 0.440. The maximum Gasteiger partial charge on any atom is 0.343 e. The molecule has 0 aromatic heterocycles. The number of rotatable bonds is 12. The average Bonchev–Trinajstić information content (AvgIpc) is 2.79. The van der Waals surface area contributed by atoms with E-state index in [1.165, 1.54) is 7.11 Å². The molecule has 2 aromatic carbocycles. The van der Waals surface area contributed by atoms with Crippen LogP contribution in [0.2, 0.25) is 0 Å². The molecule has 0 amide bonds. The van der Waals surface area contributed by atoms with Crippen molar-refractivity contribution in [3.8, 4) is 17.2 Å². The number of esters is 1. The molecule has 0 saturated carbocycles. The van der Waals surface area contributed by atoms with Crippen LogP contribution in [-0.2, 0) is 22.4 Å². The van der Waals surface area contributed by atoms with E-state index in [-0.39, 0.29) is 12.4 Å². The van der Waals surface area contributed by atoms with Crippen molar-refractivity contribution in [1.82, 2.24) is 0 Å². The SMILES string of the molecule is COC(=O)COc1c(C(=O)CCc2ccc(OC)cc2)ccc(OC)c1CCC(C)C. The minimum absolute atomic E-state index is 0.0517. The van der Waals surface area contributed by atoms with E-state index in [9.17, 15) is 9.59 Å². The number of ketones is 1. The van der Waals surface area contributed by atoms with E-state index in [4.69, 9.17) is 18.9 Å². The predicted molar refractivity (Wildman–Crippen MR) is 119 cm³/mol. The summed E-state index contributed by atoms with van der Waals surface area (Å²) in [7, 11) is 4.51. The summed E-state index contributed by atoms with van der Waals surface area (Å²) in [6.45, 7) is 3.99. The van der Waals surface area contributed by atoms with Gasteiger partial charge in [-0.2, -0.15) is 0 Å². The summed E-state index contributed by atoms with van der Waals surface area (Å²) in [5.74, 6) is 1.74. The molecule has 6 heteroatoms. The number of carbonyl (C=O) groups excluding carboxylic acids is 2. The molecular formula is C25H32O6. The normalized spacial score (nSPS) is 10.6. The summed E-state index contributed by atoms with van der Waals surface area (Å²) in [6.07, 6.45) is 2.48. The molecule has 2 rings (SSSR count). The molecule has 0 bridgehead atoms. The maximum atomic E-state index is 13.1. The van der Waals surface area contributed by atoms with E-state index >= 15 is 0 Å². The zero-order valence-electron chi connectivity index (χ0n) is 19.0. The smallest absolute Gasteiger partial charge is 0.343 e. The van der Waals surface area contributed by atoms with Gasteiger partial charge in [-0.1, -0.05) is 26.0 Å². The quantitative estimate of drug-likeness (QED) is 0.362. The Hall–Kier alpha value is -3.02. The highest BCUT2D eigenvalue weighted by atomic mass is 16.6. The number of methoxy groups -OCH3 is 3. The third kappa shape index (κ3) is 7.02. The van der Waals surface area contributed by atoms with Crippen molar-refractivity contribution in [2.75, 3.05) is 27.9 Å². The van der Waals surface area contributed by atoms with Crippen molar-refractivity contribution in [2.24, 2.45) is 5.92 Å². The molecule has 0 unspecified atom stereocenters. The van der Waals surface area contributed by atoms with E-state index in [0.717, 1.165) is 23.3 Å². The Morgan fingerprint density at radius 3 is 2.19 bits per heavy atom. The third-order valence-electron chi connectivity index (χ3n) is 5.07. The van der Waals surface area contributed by atoms with Gasteiger partial charge >= 0.3 is 5.97 Å². The van der Waals surface area contributed by atoms with Crippen LogP contribution in [0.5, 0.6) is 17.2 Å². The van der Waals surface area contributed by atoms with Gasteiger partial charge < -0.3 is 18.9 Å². The summed E-state index contributed by atoms with van der Waals surface area (Å²) >= 11 is 0. The first-order chi connectivity index (χ1) is 14.9. The van der Waals surface area contributed by atoms with Gasteiger partial charge in [-0.15, -0.1) is 0 Å². The zero-order valence-corrected chi connectivity index (χ0v) is 19.0. The summed E-state index contributed by atoms with van der Waals surface area (Å²) in [4.78, 5) is 24.8. The summed E-state index contributed by atoms with van der Waals surface area (Å²) in [6, 6.07) is 11.2. The average molecular weight is 429 g/mol. The second kappa shape index (κ2) is 12.0. The largest absolute Gasteiger partial charge is 0.497 e. The second-order valence-corrected chi connectivity index (χ2v) is 7.69. The first kappa shape index (κ1) is 24.3. The number of benzene rings is 2. The lowest BCUT2D eigenvalue weighted by Gasteiger charge is -2.18. The maximum absolute atomic E-state index is 13.1. The van der Waals surface area contributed by atoms with E-state index in [1.807, 2.05) is 24.3 Å². The van der Waals surface area contributed by atoms with Crippen molar-refractivity contribution < 1.29 is 28.5 Å². The molecule has 0 saturated heterocycles. The van der Waals surface area contributed by atoms with Gasteiger partial charge in [0.05, 0.1) is 26.9 Å².